The zero-order valence-electron chi connectivity index (χ0n) is 14.3. The zero-order valence-corrected chi connectivity index (χ0v) is 15.2. The number of sulfonamides is 1. The van der Waals surface area contributed by atoms with Gasteiger partial charge in [0, 0.05) is 13.1 Å². The van der Waals surface area contributed by atoms with E-state index >= 15 is 0 Å². The fourth-order valence-corrected chi connectivity index (χ4v) is 4.08. The van der Waals surface area contributed by atoms with E-state index in [0.29, 0.717) is 12.3 Å². The number of piperidine rings is 1. The van der Waals surface area contributed by atoms with Crippen LogP contribution >= 0.6 is 0 Å². The molecular weight excluding hydrogens is 312 g/mol. The lowest BCUT2D eigenvalue weighted by atomic mass is 10.0. The molecule has 1 aliphatic rings. The van der Waals surface area contributed by atoms with Crippen molar-refractivity contribution >= 4 is 10.0 Å². The molecule has 6 heteroatoms. The minimum atomic E-state index is -3.56. The third-order valence-corrected chi connectivity index (χ3v) is 5.79. The number of likely N-dealkylation sites (tertiary alicyclic amines) is 1. The zero-order chi connectivity index (χ0) is 16.9. The van der Waals surface area contributed by atoms with Gasteiger partial charge in [-0.3, -0.25) is 0 Å². The lowest BCUT2D eigenvalue weighted by Gasteiger charge is -2.26. The Hall–Kier alpha value is -1.11. The number of ether oxygens (including phenoxy) is 1. The second kappa shape index (κ2) is 8.13. The summed E-state index contributed by atoms with van der Waals surface area (Å²) in [4.78, 5) is 2.54. The van der Waals surface area contributed by atoms with Crippen LogP contribution < -0.4 is 9.46 Å². The van der Waals surface area contributed by atoms with Gasteiger partial charge in [0.25, 0.3) is 0 Å². The first kappa shape index (κ1) is 18.2. The smallest absolute Gasteiger partial charge is 0.244 e. The molecule has 1 aromatic rings. The summed E-state index contributed by atoms with van der Waals surface area (Å²) in [6.07, 6.45) is 3.69. The van der Waals surface area contributed by atoms with Crippen molar-refractivity contribution in [2.24, 2.45) is 0 Å². The number of methoxy groups -OCH3 is 1. The Bertz CT molecular complexity index is 608. The Balaban J connectivity index is 2.06. The van der Waals surface area contributed by atoms with E-state index in [-0.39, 0.29) is 10.8 Å². The second-order valence-electron chi connectivity index (χ2n) is 6.37. The van der Waals surface area contributed by atoms with Gasteiger partial charge in [-0.15, -0.1) is 0 Å². The molecule has 0 bridgehead atoms. The van der Waals surface area contributed by atoms with Crippen molar-refractivity contribution < 1.29 is 13.2 Å². The van der Waals surface area contributed by atoms with Crippen molar-refractivity contribution in [3.63, 3.8) is 0 Å². The maximum Gasteiger partial charge on any atom is 0.244 e. The molecule has 1 fully saturated rings. The molecule has 0 unspecified atom stereocenters. The second-order valence-corrected chi connectivity index (χ2v) is 8.10. The van der Waals surface area contributed by atoms with Gasteiger partial charge in [0.15, 0.2) is 0 Å². The standard InChI is InChI=1S/C17H28N2O3S/c1-14(2)15-7-8-16(22-3)17(13-15)23(20,21)18-9-12-19-10-5-4-6-11-19/h7-8,13-14,18H,4-6,9-12H2,1-3H3. The highest BCUT2D eigenvalue weighted by Crippen LogP contribution is 2.27. The average molecular weight is 340 g/mol. The third kappa shape index (κ3) is 4.93. The highest BCUT2D eigenvalue weighted by Gasteiger charge is 2.21. The van der Waals surface area contributed by atoms with Gasteiger partial charge < -0.3 is 9.64 Å². The lowest BCUT2D eigenvalue weighted by molar-refractivity contribution is 0.232. The van der Waals surface area contributed by atoms with Gasteiger partial charge in [-0.1, -0.05) is 26.3 Å². The van der Waals surface area contributed by atoms with E-state index in [2.05, 4.69) is 9.62 Å². The number of rotatable bonds is 7. The molecule has 1 heterocycles. The van der Waals surface area contributed by atoms with E-state index < -0.39 is 10.0 Å². The molecule has 0 spiro atoms. The summed E-state index contributed by atoms with van der Waals surface area (Å²) < 4.78 is 33.2. The van der Waals surface area contributed by atoms with Crippen LogP contribution in [0.3, 0.4) is 0 Å². The van der Waals surface area contributed by atoms with Gasteiger partial charge in [-0.05, 0) is 49.5 Å². The molecule has 1 N–H and O–H groups in total. The van der Waals surface area contributed by atoms with Crippen LogP contribution in [-0.2, 0) is 10.0 Å². The molecular formula is C17H28N2O3S. The predicted molar refractivity (Wildman–Crippen MR) is 92.6 cm³/mol. The van der Waals surface area contributed by atoms with Gasteiger partial charge in [0.2, 0.25) is 10.0 Å². The van der Waals surface area contributed by atoms with Crippen LogP contribution in [0.5, 0.6) is 5.75 Å². The van der Waals surface area contributed by atoms with Gasteiger partial charge in [0.05, 0.1) is 7.11 Å². The summed E-state index contributed by atoms with van der Waals surface area (Å²) in [5.74, 6) is 0.656. The normalized spacial score (nSPS) is 16.7. The van der Waals surface area contributed by atoms with E-state index in [1.165, 1.54) is 26.4 Å². The molecule has 1 saturated heterocycles. The molecule has 23 heavy (non-hydrogen) atoms. The molecule has 0 amide bonds. The first-order chi connectivity index (χ1) is 10.9. The van der Waals surface area contributed by atoms with E-state index in [1.807, 2.05) is 19.9 Å². The Morgan fingerprint density at radius 2 is 1.91 bits per heavy atom. The van der Waals surface area contributed by atoms with Crippen LogP contribution in [0.25, 0.3) is 0 Å². The van der Waals surface area contributed by atoms with Crippen molar-refractivity contribution in [2.75, 3.05) is 33.3 Å². The SMILES string of the molecule is COc1ccc(C(C)C)cc1S(=O)(=O)NCCN1CCCCC1. The fourth-order valence-electron chi connectivity index (χ4n) is 2.86. The number of nitrogens with zero attached hydrogens (tertiary/aromatic N) is 1. The molecule has 0 saturated carbocycles. The van der Waals surface area contributed by atoms with Gasteiger partial charge in [-0.2, -0.15) is 0 Å². The van der Waals surface area contributed by atoms with Crippen LogP contribution in [0.15, 0.2) is 23.1 Å². The average Bonchev–Trinajstić information content (AvgIpc) is 2.55. The highest BCUT2D eigenvalue weighted by atomic mass is 32.2. The highest BCUT2D eigenvalue weighted by molar-refractivity contribution is 7.89. The van der Waals surface area contributed by atoms with Crippen molar-refractivity contribution in [2.45, 2.75) is 43.9 Å². The summed E-state index contributed by atoms with van der Waals surface area (Å²) in [7, 11) is -2.06. The van der Waals surface area contributed by atoms with Crippen LogP contribution in [-0.4, -0.2) is 46.6 Å². The maximum atomic E-state index is 12.6. The molecule has 0 radical (unpaired) electrons. The summed E-state index contributed by atoms with van der Waals surface area (Å²) in [6.45, 7) is 7.40. The van der Waals surface area contributed by atoms with Crippen LogP contribution in [0, 0.1) is 0 Å². The summed E-state index contributed by atoms with van der Waals surface area (Å²) in [5, 5.41) is 0. The van der Waals surface area contributed by atoms with E-state index in [9.17, 15) is 8.42 Å². The fraction of sp³-hybridized carbons (Fsp3) is 0.647. The summed E-state index contributed by atoms with van der Waals surface area (Å²) >= 11 is 0. The molecule has 0 aliphatic carbocycles. The summed E-state index contributed by atoms with van der Waals surface area (Å²) in [6, 6.07) is 5.36. The minimum absolute atomic E-state index is 0.227. The summed E-state index contributed by atoms with van der Waals surface area (Å²) in [5.41, 5.74) is 0.988. The predicted octanol–water partition coefficient (Wildman–Crippen LogP) is 2.58. The number of hydrogen-bond donors (Lipinski definition) is 1. The molecule has 1 aliphatic heterocycles. The Morgan fingerprint density at radius 3 is 2.52 bits per heavy atom. The third-order valence-electron chi connectivity index (χ3n) is 4.31. The van der Waals surface area contributed by atoms with E-state index in [4.69, 9.17) is 4.74 Å². The molecule has 2 rings (SSSR count). The molecule has 130 valence electrons. The van der Waals surface area contributed by atoms with E-state index in [0.717, 1.165) is 25.2 Å². The molecule has 5 nitrogen and oxygen atoms in total. The van der Waals surface area contributed by atoms with Gasteiger partial charge in [0.1, 0.15) is 10.6 Å². The maximum absolute atomic E-state index is 12.6. The van der Waals surface area contributed by atoms with Crippen molar-refractivity contribution in [3.8, 4) is 5.75 Å². The van der Waals surface area contributed by atoms with Crippen LogP contribution in [0.1, 0.15) is 44.6 Å². The number of hydrogen-bond acceptors (Lipinski definition) is 4. The molecule has 1 aromatic carbocycles. The first-order valence-corrected chi connectivity index (χ1v) is 9.82. The Kier molecular flexibility index (Phi) is 6.44. The quantitative estimate of drug-likeness (QED) is 0.829. The van der Waals surface area contributed by atoms with Gasteiger partial charge in [-0.25, -0.2) is 13.1 Å². The number of benzene rings is 1. The molecule has 0 aromatic heterocycles. The van der Waals surface area contributed by atoms with Crippen molar-refractivity contribution in [1.29, 1.82) is 0 Å². The first-order valence-electron chi connectivity index (χ1n) is 8.34. The lowest BCUT2D eigenvalue weighted by Crippen LogP contribution is -2.37. The van der Waals surface area contributed by atoms with Crippen molar-refractivity contribution in [3.05, 3.63) is 23.8 Å². The van der Waals surface area contributed by atoms with E-state index in [1.54, 1.807) is 12.1 Å². The Morgan fingerprint density at radius 1 is 1.22 bits per heavy atom. The minimum Gasteiger partial charge on any atom is -0.495 e. The number of nitrogens with one attached hydrogen (secondary N) is 1. The topological polar surface area (TPSA) is 58.6 Å². The Labute approximate surface area is 140 Å². The van der Waals surface area contributed by atoms with Crippen LogP contribution in [0.4, 0.5) is 0 Å². The molecule has 0 atom stereocenters. The van der Waals surface area contributed by atoms with Gasteiger partial charge >= 0.3 is 0 Å². The van der Waals surface area contributed by atoms with Crippen LogP contribution in [0.2, 0.25) is 0 Å². The monoisotopic (exact) mass is 340 g/mol. The largest absolute Gasteiger partial charge is 0.495 e. The van der Waals surface area contributed by atoms with Crippen molar-refractivity contribution in [1.82, 2.24) is 9.62 Å².